The molecule has 1 aromatic heterocycles. The van der Waals surface area contributed by atoms with E-state index in [1.165, 1.54) is 11.8 Å². The number of nitrogens with one attached hydrogen (secondary N) is 1. The number of nitrogens with zero attached hydrogens (tertiary/aromatic N) is 2. The Labute approximate surface area is 151 Å². The summed E-state index contributed by atoms with van der Waals surface area (Å²) in [4.78, 5) is 31.9. The van der Waals surface area contributed by atoms with Crippen molar-refractivity contribution in [3.05, 3.63) is 64.3 Å². The number of rotatable bonds is 5. The highest BCUT2D eigenvalue weighted by molar-refractivity contribution is 5.95. The smallest absolute Gasteiger partial charge is 0.266 e. The Kier molecular flexibility index (Phi) is 4.46. The summed E-state index contributed by atoms with van der Waals surface area (Å²) in [6.45, 7) is 1.97. The predicted octanol–water partition coefficient (Wildman–Crippen LogP) is 1.27. The van der Waals surface area contributed by atoms with E-state index in [9.17, 15) is 14.7 Å². The molecule has 0 amide bonds. The van der Waals surface area contributed by atoms with Gasteiger partial charge in [0.1, 0.15) is 5.69 Å². The fourth-order valence-corrected chi connectivity index (χ4v) is 4.59. The summed E-state index contributed by atoms with van der Waals surface area (Å²) < 4.78 is 0. The van der Waals surface area contributed by atoms with Gasteiger partial charge in [0.25, 0.3) is 5.56 Å². The number of H-pyrrole nitrogens is 1. The van der Waals surface area contributed by atoms with Crippen molar-refractivity contribution in [2.24, 2.45) is 11.8 Å². The molecule has 1 aromatic carbocycles. The second-order valence-electron chi connectivity index (χ2n) is 7.73. The molecule has 2 N–H and O–H groups in total. The van der Waals surface area contributed by atoms with Gasteiger partial charge in [0.15, 0.2) is 5.78 Å². The van der Waals surface area contributed by atoms with E-state index < -0.39 is 5.60 Å². The Hall–Kier alpha value is -2.31. The molecule has 2 heterocycles. The van der Waals surface area contributed by atoms with Crippen LogP contribution in [0.1, 0.15) is 28.9 Å². The summed E-state index contributed by atoms with van der Waals surface area (Å²) in [5.41, 5.74) is 0.524. The largest absolute Gasteiger partial charge is 0.390 e. The van der Waals surface area contributed by atoms with E-state index in [1.54, 1.807) is 0 Å². The lowest BCUT2D eigenvalue weighted by Gasteiger charge is -2.26. The molecule has 2 fully saturated rings. The van der Waals surface area contributed by atoms with Gasteiger partial charge in [0.05, 0.1) is 18.3 Å². The number of aliphatic hydroxyl groups is 1. The fourth-order valence-electron chi connectivity index (χ4n) is 4.59. The number of ketones is 1. The topological polar surface area (TPSA) is 86.3 Å². The van der Waals surface area contributed by atoms with Gasteiger partial charge in [0, 0.05) is 25.7 Å². The first-order chi connectivity index (χ1) is 12.5. The molecule has 1 saturated carbocycles. The molecule has 0 spiro atoms. The number of carbonyl (C=O) groups is 1. The van der Waals surface area contributed by atoms with Crippen LogP contribution >= 0.6 is 0 Å². The van der Waals surface area contributed by atoms with Crippen LogP contribution in [0.5, 0.6) is 0 Å². The van der Waals surface area contributed by atoms with E-state index in [4.69, 9.17) is 0 Å². The molecule has 136 valence electrons. The van der Waals surface area contributed by atoms with Crippen LogP contribution in [0.3, 0.4) is 0 Å². The Morgan fingerprint density at radius 2 is 1.92 bits per heavy atom. The highest BCUT2D eigenvalue weighted by Crippen LogP contribution is 2.45. The normalized spacial score (nSPS) is 28.2. The van der Waals surface area contributed by atoms with Crippen LogP contribution < -0.4 is 5.56 Å². The first kappa shape index (κ1) is 17.1. The molecule has 1 saturated heterocycles. The minimum absolute atomic E-state index is 0.0826. The third-order valence-electron chi connectivity index (χ3n) is 5.64. The quantitative estimate of drug-likeness (QED) is 0.791. The molecule has 2 aromatic rings. The van der Waals surface area contributed by atoms with Crippen molar-refractivity contribution in [1.82, 2.24) is 14.9 Å². The third kappa shape index (κ3) is 3.61. The van der Waals surface area contributed by atoms with Gasteiger partial charge in [-0.05, 0) is 30.2 Å². The zero-order valence-electron chi connectivity index (χ0n) is 14.6. The molecule has 1 aliphatic heterocycles. The molecular weight excluding hydrogens is 330 g/mol. The average Bonchev–Trinajstić information content (AvgIpc) is 3.10. The number of benzene rings is 1. The number of aromatic amines is 1. The van der Waals surface area contributed by atoms with Crippen LogP contribution in [-0.2, 0) is 6.42 Å². The van der Waals surface area contributed by atoms with Crippen LogP contribution in [0, 0.1) is 11.8 Å². The zero-order valence-corrected chi connectivity index (χ0v) is 14.6. The molecule has 6 heteroatoms. The number of Topliss-reactive ketones (excluding diaryl/α,β-unsaturated/α-hetero) is 1. The summed E-state index contributed by atoms with van der Waals surface area (Å²) in [5.74, 6) is 0.779. The second kappa shape index (κ2) is 6.78. The van der Waals surface area contributed by atoms with Crippen molar-refractivity contribution >= 4 is 5.78 Å². The van der Waals surface area contributed by atoms with Crippen molar-refractivity contribution in [2.75, 3.05) is 19.6 Å². The number of hydrogen-bond acceptors (Lipinski definition) is 5. The van der Waals surface area contributed by atoms with Gasteiger partial charge in [0.2, 0.25) is 0 Å². The van der Waals surface area contributed by atoms with E-state index in [1.807, 2.05) is 18.2 Å². The Morgan fingerprint density at radius 1 is 1.23 bits per heavy atom. The fraction of sp³-hybridized carbons (Fsp3) is 0.450. The van der Waals surface area contributed by atoms with E-state index in [0.29, 0.717) is 30.5 Å². The number of hydrogen-bond donors (Lipinski definition) is 2. The van der Waals surface area contributed by atoms with E-state index >= 15 is 0 Å². The predicted molar refractivity (Wildman–Crippen MR) is 96.9 cm³/mol. The molecule has 0 radical (unpaired) electrons. The van der Waals surface area contributed by atoms with Gasteiger partial charge in [-0.15, -0.1) is 0 Å². The van der Waals surface area contributed by atoms with Gasteiger partial charge in [-0.25, -0.2) is 4.98 Å². The summed E-state index contributed by atoms with van der Waals surface area (Å²) in [6.07, 6.45) is 4.78. The highest BCUT2D eigenvalue weighted by Gasteiger charge is 2.48. The first-order valence-corrected chi connectivity index (χ1v) is 9.07. The van der Waals surface area contributed by atoms with Gasteiger partial charge in [-0.1, -0.05) is 30.3 Å². The zero-order chi connectivity index (χ0) is 18.1. The van der Waals surface area contributed by atoms with Gasteiger partial charge in [-0.3, -0.25) is 14.5 Å². The molecule has 26 heavy (non-hydrogen) atoms. The van der Waals surface area contributed by atoms with Crippen molar-refractivity contribution in [1.29, 1.82) is 0 Å². The molecule has 2 unspecified atom stereocenters. The average molecular weight is 353 g/mol. The van der Waals surface area contributed by atoms with Gasteiger partial charge < -0.3 is 10.1 Å². The summed E-state index contributed by atoms with van der Waals surface area (Å²) in [5, 5.41) is 11.0. The molecule has 4 rings (SSSR count). The second-order valence-corrected chi connectivity index (χ2v) is 7.73. The van der Waals surface area contributed by atoms with Crippen molar-refractivity contribution in [3.8, 4) is 0 Å². The van der Waals surface area contributed by atoms with Gasteiger partial charge in [-0.2, -0.15) is 0 Å². The third-order valence-corrected chi connectivity index (χ3v) is 5.64. The van der Waals surface area contributed by atoms with Crippen LogP contribution in [0.25, 0.3) is 0 Å². The lowest BCUT2D eigenvalue weighted by molar-refractivity contribution is 0.0355. The summed E-state index contributed by atoms with van der Waals surface area (Å²) >= 11 is 0. The van der Waals surface area contributed by atoms with Crippen molar-refractivity contribution in [3.63, 3.8) is 0 Å². The van der Waals surface area contributed by atoms with Crippen molar-refractivity contribution in [2.45, 2.75) is 24.9 Å². The molecule has 2 aliphatic rings. The SMILES string of the molecule is O=C(CN1CC2CC(O)(Cc3ccccc3)C[C@H]2C1)c1c[nH]c(=O)cn1. The van der Waals surface area contributed by atoms with Crippen LogP contribution in [0.15, 0.2) is 47.5 Å². The summed E-state index contributed by atoms with van der Waals surface area (Å²) in [6, 6.07) is 10.1. The lowest BCUT2D eigenvalue weighted by atomic mass is 9.91. The molecule has 1 aliphatic carbocycles. The number of aromatic nitrogens is 2. The maximum atomic E-state index is 12.3. The van der Waals surface area contributed by atoms with E-state index in [2.05, 4.69) is 27.0 Å². The minimum atomic E-state index is -0.632. The maximum Gasteiger partial charge on any atom is 0.266 e. The van der Waals surface area contributed by atoms with Crippen LogP contribution in [0.4, 0.5) is 0 Å². The monoisotopic (exact) mass is 353 g/mol. The standard InChI is InChI=1S/C20H23N3O3/c24-18(17-9-22-19(25)10-21-17)13-23-11-15-7-20(26,8-16(15)12-23)6-14-4-2-1-3-5-14/h1-5,9-10,15-16,26H,6-8,11-13H2,(H,22,25)/t15-,16?,20?/m0/s1. The number of fused-ring (bicyclic) bond motifs is 1. The number of carbonyl (C=O) groups excluding carboxylic acids is 1. The minimum Gasteiger partial charge on any atom is -0.390 e. The Bertz CT molecular complexity index is 814. The maximum absolute atomic E-state index is 12.3. The molecular formula is C20H23N3O3. The number of likely N-dealkylation sites (tertiary alicyclic amines) is 1. The van der Waals surface area contributed by atoms with Crippen LogP contribution in [-0.4, -0.2) is 51.0 Å². The van der Waals surface area contributed by atoms with Crippen LogP contribution in [0.2, 0.25) is 0 Å². The van der Waals surface area contributed by atoms with E-state index in [0.717, 1.165) is 32.1 Å². The lowest BCUT2D eigenvalue weighted by Crippen LogP contribution is -2.34. The Balaban J connectivity index is 1.34. The summed E-state index contributed by atoms with van der Waals surface area (Å²) in [7, 11) is 0. The Morgan fingerprint density at radius 3 is 2.54 bits per heavy atom. The molecule has 3 atom stereocenters. The highest BCUT2D eigenvalue weighted by atomic mass is 16.3. The molecule has 0 bridgehead atoms. The van der Waals surface area contributed by atoms with Gasteiger partial charge >= 0.3 is 0 Å². The molecule has 6 nitrogen and oxygen atoms in total. The van der Waals surface area contributed by atoms with Crippen molar-refractivity contribution < 1.29 is 9.90 Å². The van der Waals surface area contributed by atoms with E-state index in [-0.39, 0.29) is 11.3 Å². The first-order valence-electron chi connectivity index (χ1n) is 9.07.